The van der Waals surface area contributed by atoms with Crippen LogP contribution in [0.4, 0.5) is 10.5 Å². The fraction of sp³-hybridized carbons (Fsp3) is 0.273. The number of anilines is 1. The van der Waals surface area contributed by atoms with Crippen molar-refractivity contribution < 1.29 is 9.59 Å². The quantitative estimate of drug-likeness (QED) is 0.628. The molecule has 1 aliphatic heterocycles. The van der Waals surface area contributed by atoms with Gasteiger partial charge in [0.1, 0.15) is 9.88 Å². The Morgan fingerprint density at radius 2 is 1.77 bits per heavy atom. The van der Waals surface area contributed by atoms with E-state index in [2.05, 4.69) is 15.3 Å². The highest BCUT2D eigenvalue weighted by atomic mass is 35.5. The molecule has 7 nitrogen and oxygen atoms in total. The molecule has 2 aromatic heterocycles. The van der Waals surface area contributed by atoms with Gasteiger partial charge in [0.25, 0.3) is 5.91 Å². The molecule has 4 rings (SSSR count). The van der Waals surface area contributed by atoms with Crippen molar-refractivity contribution in [1.29, 1.82) is 0 Å². The molecule has 31 heavy (non-hydrogen) atoms. The fourth-order valence-electron chi connectivity index (χ4n) is 3.40. The van der Waals surface area contributed by atoms with Gasteiger partial charge in [-0.15, -0.1) is 11.3 Å². The summed E-state index contributed by atoms with van der Waals surface area (Å²) in [5, 5.41) is 4.24. The third kappa shape index (κ3) is 5.03. The number of benzene rings is 1. The van der Waals surface area contributed by atoms with Crippen LogP contribution in [0.3, 0.4) is 0 Å². The summed E-state index contributed by atoms with van der Waals surface area (Å²) in [6, 6.07) is 12.5. The Morgan fingerprint density at radius 3 is 2.52 bits per heavy atom. The minimum Gasteiger partial charge on any atom is -0.336 e. The number of hydrogen-bond donors (Lipinski definition) is 1. The van der Waals surface area contributed by atoms with E-state index in [1.165, 1.54) is 11.3 Å². The van der Waals surface area contributed by atoms with E-state index in [9.17, 15) is 9.59 Å². The van der Waals surface area contributed by atoms with Crippen molar-refractivity contribution in [2.45, 2.75) is 13.3 Å². The van der Waals surface area contributed by atoms with Gasteiger partial charge >= 0.3 is 6.03 Å². The topological polar surface area (TPSA) is 78.4 Å². The Balaban J connectivity index is 1.40. The maximum atomic E-state index is 13.2. The van der Waals surface area contributed by atoms with E-state index in [0.717, 1.165) is 10.7 Å². The highest BCUT2D eigenvalue weighted by Crippen LogP contribution is 2.27. The van der Waals surface area contributed by atoms with E-state index in [4.69, 9.17) is 11.6 Å². The van der Waals surface area contributed by atoms with Crippen molar-refractivity contribution in [2.24, 2.45) is 0 Å². The van der Waals surface area contributed by atoms with Crippen molar-refractivity contribution in [1.82, 2.24) is 19.8 Å². The molecular weight excluding hydrogens is 434 g/mol. The van der Waals surface area contributed by atoms with E-state index in [-0.39, 0.29) is 11.9 Å². The Labute approximate surface area is 189 Å². The van der Waals surface area contributed by atoms with Crippen LogP contribution >= 0.6 is 22.9 Å². The number of nitrogens with zero attached hydrogens (tertiary/aromatic N) is 4. The summed E-state index contributed by atoms with van der Waals surface area (Å²) < 4.78 is 0. The van der Waals surface area contributed by atoms with Gasteiger partial charge in [0.2, 0.25) is 0 Å². The summed E-state index contributed by atoms with van der Waals surface area (Å²) in [5.41, 5.74) is 2.15. The average Bonchev–Trinajstić information content (AvgIpc) is 3.00. The Hall–Kier alpha value is -2.97. The van der Waals surface area contributed by atoms with Crippen molar-refractivity contribution >= 4 is 40.6 Å². The highest BCUT2D eigenvalue weighted by Gasteiger charge is 2.26. The molecule has 160 valence electrons. The van der Waals surface area contributed by atoms with E-state index >= 15 is 0 Å². The molecule has 3 heterocycles. The molecular formula is C22H22ClN5O2S. The summed E-state index contributed by atoms with van der Waals surface area (Å²) >= 11 is 7.26. The van der Waals surface area contributed by atoms with E-state index in [1.54, 1.807) is 40.3 Å². The number of aromatic nitrogens is 2. The zero-order chi connectivity index (χ0) is 21.8. The van der Waals surface area contributed by atoms with Gasteiger partial charge in [-0.3, -0.25) is 9.78 Å². The molecule has 1 aliphatic rings. The molecule has 0 spiro atoms. The van der Waals surface area contributed by atoms with Gasteiger partial charge in [-0.25, -0.2) is 9.78 Å². The van der Waals surface area contributed by atoms with Crippen LogP contribution < -0.4 is 5.32 Å². The van der Waals surface area contributed by atoms with Crippen LogP contribution in [-0.2, 0) is 0 Å². The average molecular weight is 456 g/mol. The molecule has 0 saturated carbocycles. The number of aryl methyl sites for hydroxylation is 1. The number of hydrogen-bond acceptors (Lipinski definition) is 5. The first-order chi connectivity index (χ1) is 15.0. The summed E-state index contributed by atoms with van der Waals surface area (Å²) in [5.74, 6) is -0.0443. The lowest BCUT2D eigenvalue weighted by Gasteiger charge is -2.22. The standard InChI is InChI=1S/C22H22ClN5O2S/c1-15-19(31-20(25-15)18-5-2-3-10-24-18)21(29)27-11-4-12-28(14-13-27)22(30)26-17-8-6-16(23)7-9-17/h2-3,5-10H,4,11-14H2,1H3,(H,26,30). The first-order valence-electron chi connectivity index (χ1n) is 10.0. The molecule has 0 radical (unpaired) electrons. The number of nitrogens with one attached hydrogen (secondary N) is 1. The molecule has 0 atom stereocenters. The molecule has 1 N–H and O–H groups in total. The van der Waals surface area contributed by atoms with Gasteiger partial charge in [0, 0.05) is 43.1 Å². The van der Waals surface area contributed by atoms with Crippen molar-refractivity contribution in [3.05, 3.63) is 64.3 Å². The van der Waals surface area contributed by atoms with Crippen molar-refractivity contribution in [3.8, 4) is 10.7 Å². The molecule has 1 fully saturated rings. The zero-order valence-electron chi connectivity index (χ0n) is 17.0. The molecule has 0 aliphatic carbocycles. The Morgan fingerprint density at radius 1 is 1.03 bits per heavy atom. The maximum Gasteiger partial charge on any atom is 0.321 e. The van der Waals surface area contributed by atoms with Gasteiger partial charge in [-0.2, -0.15) is 0 Å². The zero-order valence-corrected chi connectivity index (χ0v) is 18.6. The molecule has 0 unspecified atom stereocenters. The second-order valence-electron chi connectivity index (χ2n) is 7.22. The number of pyridine rings is 1. The van der Waals surface area contributed by atoms with Gasteiger partial charge in [-0.05, 0) is 49.7 Å². The summed E-state index contributed by atoms with van der Waals surface area (Å²) in [6.07, 6.45) is 2.43. The molecule has 1 saturated heterocycles. The van der Waals surface area contributed by atoms with Crippen LogP contribution in [0.25, 0.3) is 10.7 Å². The number of urea groups is 1. The lowest BCUT2D eigenvalue weighted by atomic mass is 10.3. The second-order valence-corrected chi connectivity index (χ2v) is 8.65. The van der Waals surface area contributed by atoms with Gasteiger partial charge < -0.3 is 15.1 Å². The SMILES string of the molecule is Cc1nc(-c2ccccn2)sc1C(=O)N1CCCN(C(=O)Nc2ccc(Cl)cc2)CC1. The second kappa shape index (κ2) is 9.45. The van der Waals surface area contributed by atoms with Gasteiger partial charge in [0.05, 0.1) is 11.4 Å². The van der Waals surface area contributed by atoms with Crippen LogP contribution in [0, 0.1) is 6.92 Å². The largest absolute Gasteiger partial charge is 0.336 e. The van der Waals surface area contributed by atoms with Gasteiger partial charge in [-0.1, -0.05) is 17.7 Å². The number of rotatable bonds is 3. The summed E-state index contributed by atoms with van der Waals surface area (Å²) in [4.78, 5) is 38.8. The smallest absolute Gasteiger partial charge is 0.321 e. The summed E-state index contributed by atoms with van der Waals surface area (Å²) in [7, 11) is 0. The molecule has 3 amide bonds. The van der Waals surface area contributed by atoms with Crippen LogP contribution in [0.1, 0.15) is 21.8 Å². The number of carbonyl (C=O) groups excluding carboxylic acids is 2. The fourth-order valence-corrected chi connectivity index (χ4v) is 4.53. The predicted octanol–water partition coefficient (Wildman–Crippen LogP) is 4.55. The summed E-state index contributed by atoms with van der Waals surface area (Å²) in [6.45, 7) is 3.98. The van der Waals surface area contributed by atoms with Crippen molar-refractivity contribution in [3.63, 3.8) is 0 Å². The highest BCUT2D eigenvalue weighted by molar-refractivity contribution is 7.17. The first-order valence-corrected chi connectivity index (χ1v) is 11.2. The normalized spacial score (nSPS) is 14.3. The number of carbonyl (C=O) groups is 2. The number of amides is 3. The van der Waals surface area contributed by atoms with E-state index in [0.29, 0.717) is 53.9 Å². The minimum absolute atomic E-state index is 0.0443. The third-order valence-electron chi connectivity index (χ3n) is 5.04. The maximum absolute atomic E-state index is 13.2. The molecule has 9 heteroatoms. The van der Waals surface area contributed by atoms with E-state index < -0.39 is 0 Å². The minimum atomic E-state index is -0.178. The van der Waals surface area contributed by atoms with Crippen LogP contribution in [-0.4, -0.2) is 57.9 Å². The number of thiazole rings is 1. The Bertz CT molecular complexity index is 1070. The monoisotopic (exact) mass is 455 g/mol. The van der Waals surface area contributed by atoms with Crippen LogP contribution in [0.2, 0.25) is 5.02 Å². The van der Waals surface area contributed by atoms with E-state index in [1.807, 2.05) is 25.1 Å². The number of halogens is 1. The Kier molecular flexibility index (Phi) is 6.48. The van der Waals surface area contributed by atoms with Crippen LogP contribution in [0.5, 0.6) is 0 Å². The predicted molar refractivity (Wildman–Crippen MR) is 123 cm³/mol. The van der Waals surface area contributed by atoms with Crippen molar-refractivity contribution in [2.75, 3.05) is 31.5 Å². The third-order valence-corrected chi connectivity index (χ3v) is 6.46. The molecule has 3 aromatic rings. The lowest BCUT2D eigenvalue weighted by molar-refractivity contribution is 0.0766. The van der Waals surface area contributed by atoms with Gasteiger partial charge in [0.15, 0.2) is 0 Å². The molecule has 0 bridgehead atoms. The lowest BCUT2D eigenvalue weighted by Crippen LogP contribution is -2.39. The first kappa shape index (κ1) is 21.3. The van der Waals surface area contributed by atoms with Crippen LogP contribution in [0.15, 0.2) is 48.7 Å². The molecule has 1 aromatic carbocycles.